The number of carbonyl (C=O) groups is 1. The van der Waals surface area contributed by atoms with Gasteiger partial charge in [0.15, 0.2) is 0 Å². The van der Waals surface area contributed by atoms with Crippen LogP contribution in [0.4, 0.5) is 5.82 Å². The van der Waals surface area contributed by atoms with Crippen molar-refractivity contribution in [2.24, 2.45) is 0 Å². The first-order valence-electron chi connectivity index (χ1n) is 11.4. The van der Waals surface area contributed by atoms with Crippen molar-refractivity contribution >= 4 is 11.6 Å². The van der Waals surface area contributed by atoms with Crippen molar-refractivity contribution in [3.63, 3.8) is 0 Å². The highest BCUT2D eigenvalue weighted by molar-refractivity contribution is 5.81. The predicted molar refractivity (Wildman–Crippen MR) is 136 cm³/mol. The third-order valence-corrected chi connectivity index (χ3v) is 5.67. The average Bonchev–Trinajstić information content (AvgIpc) is 2.88. The standard InChI is InChI=1S/C29H29N3O2/c1-32(2)29-16-12-24(20-31-29)28-8-4-3-7-25(28)21-34-27-14-10-22(11-15-27)18-26(33)13-9-23-6-5-17-30-19-23/h3-8,10-12,14-17,19-20H,9,13,18,21H2,1-2H3. The van der Waals surface area contributed by atoms with Crippen LogP contribution in [0, 0.1) is 0 Å². The van der Waals surface area contributed by atoms with Gasteiger partial charge in [-0.3, -0.25) is 9.78 Å². The number of ether oxygens (including phenoxy) is 1. The molecular weight excluding hydrogens is 422 g/mol. The molecule has 34 heavy (non-hydrogen) atoms. The zero-order valence-corrected chi connectivity index (χ0v) is 19.6. The van der Waals surface area contributed by atoms with E-state index in [1.165, 1.54) is 0 Å². The molecule has 0 saturated carbocycles. The number of aryl methyl sites for hydroxylation is 1. The summed E-state index contributed by atoms with van der Waals surface area (Å²) in [6.45, 7) is 0.453. The SMILES string of the molecule is CN(C)c1ccc(-c2ccccc2COc2ccc(CC(=O)CCc3cccnc3)cc2)cn1. The van der Waals surface area contributed by atoms with Gasteiger partial charge in [0, 0.05) is 51.1 Å². The fourth-order valence-electron chi connectivity index (χ4n) is 3.75. The maximum atomic E-state index is 12.4. The number of ketones is 1. The van der Waals surface area contributed by atoms with Gasteiger partial charge in [-0.2, -0.15) is 0 Å². The molecule has 0 unspecified atom stereocenters. The molecular formula is C29H29N3O2. The van der Waals surface area contributed by atoms with Gasteiger partial charge in [-0.25, -0.2) is 4.98 Å². The monoisotopic (exact) mass is 451 g/mol. The van der Waals surface area contributed by atoms with E-state index in [-0.39, 0.29) is 5.78 Å². The average molecular weight is 452 g/mol. The van der Waals surface area contributed by atoms with Crippen LogP contribution in [0.5, 0.6) is 5.75 Å². The summed E-state index contributed by atoms with van der Waals surface area (Å²) < 4.78 is 6.06. The quantitative estimate of drug-likeness (QED) is 0.317. The number of benzene rings is 2. The van der Waals surface area contributed by atoms with E-state index in [9.17, 15) is 4.79 Å². The van der Waals surface area contributed by atoms with E-state index >= 15 is 0 Å². The molecule has 0 atom stereocenters. The van der Waals surface area contributed by atoms with Gasteiger partial charge in [0.2, 0.25) is 0 Å². The molecule has 0 saturated heterocycles. The van der Waals surface area contributed by atoms with E-state index < -0.39 is 0 Å². The summed E-state index contributed by atoms with van der Waals surface area (Å²) in [5.41, 5.74) is 5.35. The predicted octanol–water partition coefficient (Wildman–Crippen LogP) is 5.53. The minimum Gasteiger partial charge on any atom is -0.489 e. The summed E-state index contributed by atoms with van der Waals surface area (Å²) in [5, 5.41) is 0. The van der Waals surface area contributed by atoms with Gasteiger partial charge in [0.25, 0.3) is 0 Å². The maximum absolute atomic E-state index is 12.4. The zero-order valence-electron chi connectivity index (χ0n) is 19.6. The lowest BCUT2D eigenvalue weighted by Crippen LogP contribution is -2.10. The van der Waals surface area contributed by atoms with Crippen LogP contribution in [-0.4, -0.2) is 29.8 Å². The zero-order chi connectivity index (χ0) is 23.8. The van der Waals surface area contributed by atoms with E-state index in [1.807, 2.05) is 86.0 Å². The van der Waals surface area contributed by atoms with Crippen LogP contribution < -0.4 is 9.64 Å². The number of aromatic nitrogens is 2. The molecule has 172 valence electrons. The first-order chi connectivity index (χ1) is 16.6. The van der Waals surface area contributed by atoms with E-state index in [0.29, 0.717) is 19.4 Å². The highest BCUT2D eigenvalue weighted by atomic mass is 16.5. The fourth-order valence-corrected chi connectivity index (χ4v) is 3.75. The first-order valence-corrected chi connectivity index (χ1v) is 11.4. The van der Waals surface area contributed by atoms with Crippen molar-refractivity contribution in [2.75, 3.05) is 19.0 Å². The van der Waals surface area contributed by atoms with Crippen LogP contribution in [0.1, 0.15) is 23.1 Å². The Kier molecular flexibility index (Phi) is 7.66. The maximum Gasteiger partial charge on any atom is 0.137 e. The number of hydrogen-bond acceptors (Lipinski definition) is 5. The summed E-state index contributed by atoms with van der Waals surface area (Å²) in [6, 6.07) is 24.0. The second-order valence-corrected chi connectivity index (χ2v) is 8.47. The number of carbonyl (C=O) groups excluding carboxylic acids is 1. The lowest BCUT2D eigenvalue weighted by Gasteiger charge is -2.14. The number of rotatable bonds is 10. The molecule has 2 aromatic carbocycles. The lowest BCUT2D eigenvalue weighted by molar-refractivity contribution is -0.118. The Hall–Kier alpha value is -3.99. The third-order valence-electron chi connectivity index (χ3n) is 5.67. The third kappa shape index (κ3) is 6.29. The molecule has 5 heteroatoms. The molecule has 0 aliphatic heterocycles. The van der Waals surface area contributed by atoms with Gasteiger partial charge in [-0.15, -0.1) is 0 Å². The van der Waals surface area contributed by atoms with Crippen LogP contribution in [0.3, 0.4) is 0 Å². The van der Waals surface area contributed by atoms with E-state index in [2.05, 4.69) is 28.2 Å². The molecule has 4 aromatic rings. The second kappa shape index (κ2) is 11.2. The largest absolute Gasteiger partial charge is 0.489 e. The fraction of sp³-hybridized carbons (Fsp3) is 0.207. The van der Waals surface area contributed by atoms with Crippen molar-refractivity contribution in [1.82, 2.24) is 9.97 Å². The normalized spacial score (nSPS) is 10.6. The lowest BCUT2D eigenvalue weighted by atomic mass is 10.0. The molecule has 0 bridgehead atoms. The summed E-state index contributed by atoms with van der Waals surface area (Å²) in [5.74, 6) is 1.93. The summed E-state index contributed by atoms with van der Waals surface area (Å²) in [7, 11) is 3.96. The molecule has 0 aliphatic rings. The van der Waals surface area contributed by atoms with Crippen molar-refractivity contribution < 1.29 is 9.53 Å². The van der Waals surface area contributed by atoms with Gasteiger partial charge < -0.3 is 9.64 Å². The molecule has 0 spiro atoms. The molecule has 0 fully saturated rings. The van der Waals surface area contributed by atoms with Crippen LogP contribution in [0.2, 0.25) is 0 Å². The van der Waals surface area contributed by atoms with Gasteiger partial charge in [-0.1, -0.05) is 42.5 Å². The van der Waals surface area contributed by atoms with Gasteiger partial charge in [-0.05, 0) is 59.0 Å². The first kappa shape index (κ1) is 23.2. The Labute approximate surface area is 201 Å². The Morgan fingerprint density at radius 2 is 1.71 bits per heavy atom. The van der Waals surface area contributed by atoms with Gasteiger partial charge in [0.1, 0.15) is 24.0 Å². The van der Waals surface area contributed by atoms with Gasteiger partial charge in [0.05, 0.1) is 0 Å². The number of hydrogen-bond donors (Lipinski definition) is 0. The van der Waals surface area contributed by atoms with Crippen molar-refractivity contribution in [1.29, 1.82) is 0 Å². The Morgan fingerprint density at radius 1 is 0.882 bits per heavy atom. The van der Waals surface area contributed by atoms with E-state index in [4.69, 9.17) is 4.74 Å². The summed E-state index contributed by atoms with van der Waals surface area (Å²) >= 11 is 0. The van der Waals surface area contributed by atoms with E-state index in [1.54, 1.807) is 6.20 Å². The van der Waals surface area contributed by atoms with Crippen LogP contribution in [-0.2, 0) is 24.2 Å². The van der Waals surface area contributed by atoms with Crippen molar-refractivity contribution in [3.8, 4) is 16.9 Å². The smallest absolute Gasteiger partial charge is 0.137 e. The number of pyridine rings is 2. The molecule has 2 aromatic heterocycles. The molecule has 0 aliphatic carbocycles. The van der Waals surface area contributed by atoms with Crippen molar-refractivity contribution in [3.05, 3.63) is 108 Å². The van der Waals surface area contributed by atoms with Crippen LogP contribution >= 0.6 is 0 Å². The molecule has 0 radical (unpaired) electrons. The topological polar surface area (TPSA) is 55.3 Å². The number of nitrogens with zero attached hydrogens (tertiary/aromatic N) is 3. The van der Waals surface area contributed by atoms with Crippen LogP contribution in [0.15, 0.2) is 91.4 Å². The highest BCUT2D eigenvalue weighted by Crippen LogP contribution is 2.26. The Balaban J connectivity index is 1.33. The number of Topliss-reactive ketones (excluding diaryl/α,β-unsaturated/α-hetero) is 1. The Morgan fingerprint density at radius 3 is 2.41 bits per heavy atom. The summed E-state index contributed by atoms with van der Waals surface area (Å²) in [4.78, 5) is 23.0. The molecule has 2 heterocycles. The molecule has 0 amide bonds. The van der Waals surface area contributed by atoms with Crippen molar-refractivity contribution in [2.45, 2.75) is 25.9 Å². The minimum absolute atomic E-state index is 0.223. The highest BCUT2D eigenvalue weighted by Gasteiger charge is 2.08. The molecule has 5 nitrogen and oxygen atoms in total. The molecule has 0 N–H and O–H groups in total. The molecule has 4 rings (SSSR count). The number of anilines is 1. The summed E-state index contributed by atoms with van der Waals surface area (Å²) in [6.07, 6.45) is 7.12. The minimum atomic E-state index is 0.223. The second-order valence-electron chi connectivity index (χ2n) is 8.47. The Bertz CT molecular complexity index is 1200. The van der Waals surface area contributed by atoms with E-state index in [0.717, 1.165) is 45.8 Å². The van der Waals surface area contributed by atoms with Gasteiger partial charge >= 0.3 is 0 Å². The van der Waals surface area contributed by atoms with Crippen LogP contribution in [0.25, 0.3) is 11.1 Å².